The summed E-state index contributed by atoms with van der Waals surface area (Å²) in [7, 11) is 2.98. The molecule has 0 fully saturated rings. The number of hydrogen-bond donors (Lipinski definition) is 1. The Balaban J connectivity index is 2.10. The number of phenolic OH excluding ortho intramolecular Hbond substituents is 1. The predicted octanol–water partition coefficient (Wildman–Crippen LogP) is 2.61. The number of likely N-dealkylation sites (N-methyl/N-ethyl adjacent to an activating group) is 1. The summed E-state index contributed by atoms with van der Waals surface area (Å²) < 4.78 is 10.1. The van der Waals surface area contributed by atoms with Crippen LogP contribution in [0.5, 0.6) is 11.5 Å². The van der Waals surface area contributed by atoms with Gasteiger partial charge in [-0.15, -0.1) is 0 Å². The van der Waals surface area contributed by atoms with Crippen molar-refractivity contribution in [3.8, 4) is 11.5 Å². The first-order chi connectivity index (χ1) is 11.5. The smallest absolute Gasteiger partial charge is 0.342 e. The third kappa shape index (κ3) is 3.65. The Morgan fingerprint density at radius 1 is 1.08 bits per heavy atom. The molecule has 24 heavy (non-hydrogen) atoms. The van der Waals surface area contributed by atoms with Gasteiger partial charge in [-0.25, -0.2) is 4.79 Å². The highest BCUT2D eigenvalue weighted by Gasteiger charge is 2.25. The number of esters is 1. The number of carbonyl (C=O) groups excluding carboxylic acids is 2. The van der Waals surface area contributed by atoms with Gasteiger partial charge < -0.3 is 19.5 Å². The van der Waals surface area contributed by atoms with Crippen LogP contribution in [-0.4, -0.2) is 37.2 Å². The van der Waals surface area contributed by atoms with Crippen molar-refractivity contribution < 1.29 is 24.2 Å². The van der Waals surface area contributed by atoms with Crippen LogP contribution in [0.2, 0.25) is 0 Å². The maximum absolute atomic E-state index is 12.4. The lowest BCUT2D eigenvalue weighted by Gasteiger charge is -2.21. The molecule has 6 heteroatoms. The standard InChI is InChI=1S/C18H19NO5/c1-12(17(21)19(2)13-8-5-4-6-9-13)24-18(22)14-10-7-11-15(23-3)16(14)20/h4-12,20H,1-3H3/t12-/m1/s1. The zero-order valence-corrected chi connectivity index (χ0v) is 13.7. The second-order valence-electron chi connectivity index (χ2n) is 5.14. The Morgan fingerprint density at radius 2 is 1.75 bits per heavy atom. The molecule has 0 unspecified atom stereocenters. The highest BCUT2D eigenvalue weighted by molar-refractivity contribution is 5.99. The Morgan fingerprint density at radius 3 is 2.38 bits per heavy atom. The van der Waals surface area contributed by atoms with Crippen molar-refractivity contribution >= 4 is 17.6 Å². The van der Waals surface area contributed by atoms with E-state index in [9.17, 15) is 14.7 Å². The van der Waals surface area contributed by atoms with Gasteiger partial charge in [0.1, 0.15) is 5.56 Å². The maximum Gasteiger partial charge on any atom is 0.342 e. The molecule has 2 aromatic rings. The second kappa shape index (κ2) is 7.50. The summed E-state index contributed by atoms with van der Waals surface area (Å²) in [6.07, 6.45) is -1.01. The van der Waals surface area contributed by atoms with Gasteiger partial charge in [-0.1, -0.05) is 24.3 Å². The van der Waals surface area contributed by atoms with Crippen molar-refractivity contribution in [2.75, 3.05) is 19.1 Å². The molecule has 126 valence electrons. The normalized spacial score (nSPS) is 11.5. The molecule has 0 aliphatic rings. The molecule has 0 bridgehead atoms. The lowest BCUT2D eigenvalue weighted by molar-refractivity contribution is -0.126. The highest BCUT2D eigenvalue weighted by atomic mass is 16.5. The van der Waals surface area contributed by atoms with E-state index in [2.05, 4.69) is 0 Å². The molecular formula is C18H19NO5. The number of benzene rings is 2. The third-order valence-electron chi connectivity index (χ3n) is 3.54. The number of ether oxygens (including phenoxy) is 2. The highest BCUT2D eigenvalue weighted by Crippen LogP contribution is 2.30. The largest absolute Gasteiger partial charge is 0.504 e. The lowest BCUT2D eigenvalue weighted by Crippen LogP contribution is -2.37. The van der Waals surface area contributed by atoms with Crippen LogP contribution in [0.1, 0.15) is 17.3 Å². The average Bonchev–Trinajstić information content (AvgIpc) is 2.61. The van der Waals surface area contributed by atoms with Crippen molar-refractivity contribution in [2.24, 2.45) is 0 Å². The van der Waals surface area contributed by atoms with Gasteiger partial charge in [0.25, 0.3) is 5.91 Å². The van der Waals surface area contributed by atoms with Crippen LogP contribution in [-0.2, 0) is 9.53 Å². The molecule has 0 saturated carbocycles. The molecule has 0 aromatic heterocycles. The number of phenols is 1. The van der Waals surface area contributed by atoms with Gasteiger partial charge >= 0.3 is 5.97 Å². The van der Waals surface area contributed by atoms with E-state index < -0.39 is 12.1 Å². The molecule has 6 nitrogen and oxygen atoms in total. The minimum atomic E-state index is -1.01. The van der Waals surface area contributed by atoms with Crippen molar-refractivity contribution in [3.05, 3.63) is 54.1 Å². The zero-order chi connectivity index (χ0) is 17.7. The molecule has 1 atom stereocenters. The number of aromatic hydroxyl groups is 1. The fraction of sp³-hybridized carbons (Fsp3) is 0.222. The van der Waals surface area contributed by atoms with Gasteiger partial charge in [-0.2, -0.15) is 0 Å². The van der Waals surface area contributed by atoms with Crippen molar-refractivity contribution in [3.63, 3.8) is 0 Å². The van der Waals surface area contributed by atoms with Gasteiger partial charge in [0, 0.05) is 12.7 Å². The molecular weight excluding hydrogens is 310 g/mol. The fourth-order valence-electron chi connectivity index (χ4n) is 2.18. The van der Waals surface area contributed by atoms with Gasteiger partial charge in [0.15, 0.2) is 17.6 Å². The fourth-order valence-corrected chi connectivity index (χ4v) is 2.18. The molecule has 0 heterocycles. The van der Waals surface area contributed by atoms with Gasteiger partial charge in [-0.3, -0.25) is 4.79 Å². The first-order valence-electron chi connectivity index (χ1n) is 7.35. The van der Waals surface area contributed by atoms with Crippen LogP contribution in [0.3, 0.4) is 0 Å². The summed E-state index contributed by atoms with van der Waals surface area (Å²) >= 11 is 0. The summed E-state index contributed by atoms with van der Waals surface area (Å²) in [4.78, 5) is 26.0. The minimum Gasteiger partial charge on any atom is -0.504 e. The quantitative estimate of drug-likeness (QED) is 0.853. The number of carbonyl (C=O) groups is 2. The van der Waals surface area contributed by atoms with Crippen LogP contribution in [0, 0.1) is 0 Å². The van der Waals surface area contributed by atoms with Crippen LogP contribution < -0.4 is 9.64 Å². The molecule has 0 saturated heterocycles. The number of para-hydroxylation sites is 2. The van der Waals surface area contributed by atoms with Crippen LogP contribution >= 0.6 is 0 Å². The van der Waals surface area contributed by atoms with Crippen LogP contribution in [0.4, 0.5) is 5.69 Å². The van der Waals surface area contributed by atoms with E-state index >= 15 is 0 Å². The summed E-state index contributed by atoms with van der Waals surface area (Å²) in [5.41, 5.74) is 0.631. The van der Waals surface area contributed by atoms with Crippen LogP contribution in [0.25, 0.3) is 0 Å². The van der Waals surface area contributed by atoms with Crippen molar-refractivity contribution in [1.29, 1.82) is 0 Å². The Labute approximate surface area is 140 Å². The molecule has 0 aliphatic carbocycles. The summed E-state index contributed by atoms with van der Waals surface area (Å²) in [6, 6.07) is 13.5. The molecule has 2 rings (SSSR count). The SMILES string of the molecule is COc1cccc(C(=O)O[C@H](C)C(=O)N(C)c2ccccc2)c1O. The first kappa shape index (κ1) is 17.3. The van der Waals surface area contributed by atoms with Crippen molar-refractivity contribution in [2.45, 2.75) is 13.0 Å². The monoisotopic (exact) mass is 329 g/mol. The van der Waals surface area contributed by atoms with Crippen LogP contribution in [0.15, 0.2) is 48.5 Å². The summed E-state index contributed by atoms with van der Waals surface area (Å²) in [5, 5.41) is 9.98. The Hall–Kier alpha value is -3.02. The number of rotatable bonds is 5. The summed E-state index contributed by atoms with van der Waals surface area (Å²) in [5.74, 6) is -1.34. The number of nitrogens with zero attached hydrogens (tertiary/aromatic N) is 1. The molecule has 0 spiro atoms. The van der Waals surface area contributed by atoms with Gasteiger partial charge in [0.2, 0.25) is 0 Å². The van der Waals surface area contributed by atoms with E-state index in [0.717, 1.165) is 0 Å². The van der Waals surface area contributed by atoms with Gasteiger partial charge in [0.05, 0.1) is 7.11 Å². The first-order valence-corrected chi connectivity index (χ1v) is 7.35. The van der Waals surface area contributed by atoms with E-state index in [-0.39, 0.29) is 23.0 Å². The Bertz CT molecular complexity index is 729. The topological polar surface area (TPSA) is 76.1 Å². The van der Waals surface area contributed by atoms with E-state index in [1.807, 2.05) is 18.2 Å². The van der Waals surface area contributed by atoms with Crippen molar-refractivity contribution in [1.82, 2.24) is 0 Å². The zero-order valence-electron chi connectivity index (χ0n) is 13.7. The molecule has 0 radical (unpaired) electrons. The number of methoxy groups -OCH3 is 1. The number of amides is 1. The minimum absolute atomic E-state index is 0.0589. The third-order valence-corrected chi connectivity index (χ3v) is 3.54. The molecule has 1 amide bonds. The van der Waals surface area contributed by atoms with E-state index in [4.69, 9.17) is 9.47 Å². The molecule has 2 aromatic carbocycles. The average molecular weight is 329 g/mol. The lowest BCUT2D eigenvalue weighted by atomic mass is 10.2. The Kier molecular flexibility index (Phi) is 5.42. The predicted molar refractivity (Wildman–Crippen MR) is 89.4 cm³/mol. The number of anilines is 1. The maximum atomic E-state index is 12.4. The number of hydrogen-bond acceptors (Lipinski definition) is 5. The summed E-state index contributed by atoms with van der Waals surface area (Å²) in [6.45, 7) is 1.48. The van der Waals surface area contributed by atoms with E-state index in [1.54, 1.807) is 25.2 Å². The van der Waals surface area contributed by atoms with E-state index in [0.29, 0.717) is 5.69 Å². The second-order valence-corrected chi connectivity index (χ2v) is 5.14. The molecule has 0 aliphatic heterocycles. The van der Waals surface area contributed by atoms with E-state index in [1.165, 1.54) is 31.1 Å². The van der Waals surface area contributed by atoms with Gasteiger partial charge in [-0.05, 0) is 31.2 Å². The molecule has 1 N–H and O–H groups in total.